The maximum Gasteiger partial charge on any atom is 0.256 e. The Balaban J connectivity index is 1.75. The Bertz CT molecular complexity index is 1030. The van der Waals surface area contributed by atoms with Crippen LogP contribution in [0.4, 0.5) is 10.2 Å². The van der Waals surface area contributed by atoms with Gasteiger partial charge in [-0.1, -0.05) is 17.7 Å². The van der Waals surface area contributed by atoms with Crippen molar-refractivity contribution in [2.75, 3.05) is 5.32 Å². The molecule has 0 bridgehead atoms. The molecule has 4 rings (SSSR count). The third-order valence-corrected chi connectivity index (χ3v) is 5.46. The van der Waals surface area contributed by atoms with Gasteiger partial charge in [-0.3, -0.25) is 9.00 Å². The lowest BCUT2D eigenvalue weighted by atomic mass is 10.1. The van der Waals surface area contributed by atoms with Gasteiger partial charge in [0.1, 0.15) is 11.6 Å². The van der Waals surface area contributed by atoms with E-state index in [4.69, 9.17) is 0 Å². The molecule has 0 saturated carbocycles. The Labute approximate surface area is 152 Å². The summed E-state index contributed by atoms with van der Waals surface area (Å²) in [5.41, 5.74) is 3.62. The zero-order valence-electron chi connectivity index (χ0n) is 14.0. The molecule has 1 aliphatic heterocycles. The van der Waals surface area contributed by atoms with Crippen molar-refractivity contribution in [1.29, 1.82) is 0 Å². The van der Waals surface area contributed by atoms with E-state index in [1.165, 1.54) is 12.1 Å². The first kappa shape index (κ1) is 16.7. The second-order valence-electron chi connectivity index (χ2n) is 6.21. The number of aryl methyl sites for hydroxylation is 1. The van der Waals surface area contributed by atoms with Crippen molar-refractivity contribution in [3.05, 3.63) is 76.7 Å². The van der Waals surface area contributed by atoms with E-state index >= 15 is 0 Å². The van der Waals surface area contributed by atoms with Crippen LogP contribution in [0.1, 0.15) is 27.2 Å². The highest BCUT2D eigenvalue weighted by Gasteiger charge is 2.28. The Morgan fingerprint density at radius 1 is 1.19 bits per heavy atom. The lowest BCUT2D eigenvalue weighted by Gasteiger charge is -2.11. The van der Waals surface area contributed by atoms with Crippen molar-refractivity contribution in [2.24, 2.45) is 0 Å². The van der Waals surface area contributed by atoms with Crippen LogP contribution >= 0.6 is 0 Å². The molecule has 132 valence electrons. The number of hydrogen-bond acceptors (Lipinski definition) is 3. The monoisotopic (exact) mass is 369 g/mol. The van der Waals surface area contributed by atoms with Gasteiger partial charge in [0.15, 0.2) is 0 Å². The molecule has 1 amide bonds. The predicted molar refractivity (Wildman–Crippen MR) is 98.2 cm³/mol. The number of hydrogen-bond donors (Lipinski definition) is 1. The van der Waals surface area contributed by atoms with Gasteiger partial charge in [-0.05, 0) is 43.3 Å². The Hall–Kier alpha value is -2.80. The molecule has 2 heterocycles. The molecule has 0 spiro atoms. The smallest absolute Gasteiger partial charge is 0.256 e. The molecule has 26 heavy (non-hydrogen) atoms. The Morgan fingerprint density at radius 3 is 2.69 bits per heavy atom. The number of anilines is 1. The largest absolute Gasteiger partial charge is 0.306 e. The SMILES string of the molecule is Cc1cccc(C(=O)Nc2c3c(nn2-c2ccc(F)cc2)CS(=O)C3)c1. The lowest BCUT2D eigenvalue weighted by Crippen LogP contribution is -2.16. The quantitative estimate of drug-likeness (QED) is 0.770. The summed E-state index contributed by atoms with van der Waals surface area (Å²) >= 11 is 0. The highest BCUT2D eigenvalue weighted by molar-refractivity contribution is 7.83. The van der Waals surface area contributed by atoms with Crippen LogP contribution in [-0.2, 0) is 22.3 Å². The standard InChI is InChI=1S/C19H16FN3O2S/c1-12-3-2-4-13(9-12)19(24)21-18-16-10-26(25)11-17(16)22-23(18)15-7-5-14(20)6-8-15/h2-9H,10-11H2,1H3,(H,21,24). The molecule has 1 aliphatic rings. The average Bonchev–Trinajstić information content (AvgIpc) is 3.13. The van der Waals surface area contributed by atoms with Crippen molar-refractivity contribution >= 4 is 22.5 Å². The van der Waals surface area contributed by atoms with E-state index in [9.17, 15) is 13.4 Å². The summed E-state index contributed by atoms with van der Waals surface area (Å²) in [6, 6.07) is 13.1. The summed E-state index contributed by atoms with van der Waals surface area (Å²) in [7, 11) is -1.02. The van der Waals surface area contributed by atoms with Crippen LogP contribution in [0.15, 0.2) is 48.5 Å². The van der Waals surface area contributed by atoms with Gasteiger partial charge in [0, 0.05) is 21.9 Å². The van der Waals surface area contributed by atoms with Gasteiger partial charge < -0.3 is 5.32 Å². The Kier molecular flexibility index (Phi) is 4.16. The van der Waals surface area contributed by atoms with Crippen LogP contribution in [0.25, 0.3) is 5.69 Å². The van der Waals surface area contributed by atoms with Gasteiger partial charge in [0.2, 0.25) is 0 Å². The topological polar surface area (TPSA) is 64.0 Å². The molecular formula is C19H16FN3O2S. The molecule has 0 saturated heterocycles. The van der Waals surface area contributed by atoms with Gasteiger partial charge in [-0.25, -0.2) is 9.07 Å². The van der Waals surface area contributed by atoms with E-state index in [0.29, 0.717) is 34.3 Å². The van der Waals surface area contributed by atoms with E-state index < -0.39 is 10.8 Å². The van der Waals surface area contributed by atoms with Gasteiger partial charge in [-0.15, -0.1) is 0 Å². The highest BCUT2D eigenvalue weighted by Crippen LogP contribution is 2.31. The van der Waals surface area contributed by atoms with Crippen LogP contribution < -0.4 is 5.32 Å². The summed E-state index contributed by atoms with van der Waals surface area (Å²) < 4.78 is 26.7. The van der Waals surface area contributed by atoms with Crippen molar-refractivity contribution in [1.82, 2.24) is 9.78 Å². The minimum absolute atomic E-state index is 0.266. The second-order valence-corrected chi connectivity index (χ2v) is 7.67. The molecule has 1 unspecified atom stereocenters. The normalized spacial score (nSPS) is 15.7. The molecular weight excluding hydrogens is 353 g/mol. The van der Waals surface area contributed by atoms with E-state index in [-0.39, 0.29) is 11.7 Å². The molecule has 1 N–H and O–H groups in total. The number of nitrogens with one attached hydrogen (secondary N) is 1. The maximum atomic E-state index is 13.2. The average molecular weight is 369 g/mol. The number of aromatic nitrogens is 2. The predicted octanol–water partition coefficient (Wildman–Crippen LogP) is 3.33. The molecule has 2 aromatic carbocycles. The van der Waals surface area contributed by atoms with Crippen molar-refractivity contribution in [3.63, 3.8) is 0 Å². The minimum Gasteiger partial charge on any atom is -0.306 e. The first-order valence-electron chi connectivity index (χ1n) is 8.11. The third kappa shape index (κ3) is 3.06. The fraction of sp³-hybridized carbons (Fsp3) is 0.158. The van der Waals surface area contributed by atoms with Gasteiger partial charge in [0.05, 0.1) is 22.9 Å². The van der Waals surface area contributed by atoms with Crippen LogP contribution in [-0.4, -0.2) is 19.9 Å². The first-order chi connectivity index (χ1) is 12.5. The van der Waals surface area contributed by atoms with E-state index in [1.54, 1.807) is 28.9 Å². The number of carbonyl (C=O) groups is 1. The number of benzene rings is 2. The number of carbonyl (C=O) groups excluding carboxylic acids is 1. The summed E-state index contributed by atoms with van der Waals surface area (Å²) in [6.07, 6.45) is 0. The van der Waals surface area contributed by atoms with E-state index in [0.717, 1.165) is 11.1 Å². The van der Waals surface area contributed by atoms with Crippen molar-refractivity contribution in [3.8, 4) is 5.69 Å². The summed E-state index contributed by atoms with van der Waals surface area (Å²) in [6.45, 7) is 1.92. The molecule has 7 heteroatoms. The van der Waals surface area contributed by atoms with Crippen molar-refractivity contribution < 1.29 is 13.4 Å². The number of rotatable bonds is 3. The maximum absolute atomic E-state index is 13.2. The minimum atomic E-state index is -1.02. The molecule has 3 aromatic rings. The molecule has 1 aromatic heterocycles. The van der Waals surface area contributed by atoms with Gasteiger partial charge in [0.25, 0.3) is 5.91 Å². The number of fused-ring (bicyclic) bond motifs is 1. The molecule has 0 fully saturated rings. The fourth-order valence-corrected chi connectivity index (χ4v) is 4.26. The first-order valence-corrected chi connectivity index (χ1v) is 9.60. The fourth-order valence-electron chi connectivity index (χ4n) is 2.99. The molecule has 1 atom stereocenters. The zero-order valence-corrected chi connectivity index (χ0v) is 14.8. The Morgan fingerprint density at radius 2 is 1.96 bits per heavy atom. The second kappa shape index (κ2) is 6.49. The zero-order chi connectivity index (χ0) is 18.3. The number of halogens is 1. The third-order valence-electron chi connectivity index (χ3n) is 4.25. The van der Waals surface area contributed by atoms with Crippen molar-refractivity contribution in [2.45, 2.75) is 18.4 Å². The van der Waals surface area contributed by atoms with Crippen LogP contribution in [0.5, 0.6) is 0 Å². The summed E-state index contributed by atoms with van der Waals surface area (Å²) in [5, 5.41) is 7.39. The summed E-state index contributed by atoms with van der Waals surface area (Å²) in [5.74, 6) is 0.581. The molecule has 0 radical (unpaired) electrons. The van der Waals surface area contributed by atoms with E-state index in [2.05, 4.69) is 10.4 Å². The molecule has 5 nitrogen and oxygen atoms in total. The van der Waals surface area contributed by atoms with Crippen LogP contribution in [0, 0.1) is 12.7 Å². The van der Waals surface area contributed by atoms with Crippen LogP contribution in [0.2, 0.25) is 0 Å². The number of amides is 1. The van der Waals surface area contributed by atoms with Gasteiger partial charge in [-0.2, -0.15) is 5.10 Å². The lowest BCUT2D eigenvalue weighted by molar-refractivity contribution is 0.102. The van der Waals surface area contributed by atoms with Crippen LogP contribution in [0.3, 0.4) is 0 Å². The molecule has 0 aliphatic carbocycles. The van der Waals surface area contributed by atoms with Gasteiger partial charge >= 0.3 is 0 Å². The number of nitrogens with zero attached hydrogens (tertiary/aromatic N) is 2. The highest BCUT2D eigenvalue weighted by atomic mass is 32.2. The summed E-state index contributed by atoms with van der Waals surface area (Å²) in [4.78, 5) is 12.7. The van der Waals surface area contributed by atoms with E-state index in [1.807, 2.05) is 19.1 Å².